The summed E-state index contributed by atoms with van der Waals surface area (Å²) in [5.41, 5.74) is 1.30. The molecule has 0 aliphatic rings. The number of rotatable bonds is 1. The summed E-state index contributed by atoms with van der Waals surface area (Å²) >= 11 is 5.75. The number of aromatic amines is 1. The van der Waals surface area contributed by atoms with Crippen molar-refractivity contribution < 1.29 is 5.11 Å². The highest BCUT2D eigenvalue weighted by molar-refractivity contribution is 6.31. The van der Waals surface area contributed by atoms with Crippen LogP contribution in [0.3, 0.4) is 0 Å². The average molecular weight is 161 g/mol. The number of hydrogen-bond donors (Lipinski definition) is 2. The van der Waals surface area contributed by atoms with E-state index in [-0.39, 0.29) is 0 Å². The van der Waals surface area contributed by atoms with Crippen LogP contribution in [0.5, 0.6) is 0 Å². The van der Waals surface area contributed by atoms with E-state index < -0.39 is 6.10 Å². The van der Waals surface area contributed by atoms with Crippen molar-refractivity contribution in [3.63, 3.8) is 0 Å². The van der Waals surface area contributed by atoms with Crippen molar-refractivity contribution in [2.45, 2.75) is 20.0 Å². The van der Waals surface area contributed by atoms with Gasteiger partial charge in [0.2, 0.25) is 0 Å². The Labute approximate surface area is 64.0 Å². The van der Waals surface area contributed by atoms with Gasteiger partial charge in [0.15, 0.2) is 0 Å². The van der Waals surface area contributed by atoms with Crippen LogP contribution in [0.2, 0.25) is 5.02 Å². The van der Waals surface area contributed by atoms with Crippen molar-refractivity contribution in [1.82, 2.24) is 10.2 Å². The van der Waals surface area contributed by atoms with E-state index >= 15 is 0 Å². The van der Waals surface area contributed by atoms with Gasteiger partial charge in [0.05, 0.1) is 22.5 Å². The quantitative estimate of drug-likeness (QED) is 0.653. The molecule has 1 heterocycles. The van der Waals surface area contributed by atoms with Crippen LogP contribution in [0.25, 0.3) is 0 Å². The minimum atomic E-state index is -0.575. The molecular weight excluding hydrogens is 152 g/mol. The van der Waals surface area contributed by atoms with Gasteiger partial charge in [-0.15, -0.1) is 0 Å². The minimum absolute atomic E-state index is 0.523. The molecule has 1 aromatic rings. The molecule has 2 N–H and O–H groups in total. The van der Waals surface area contributed by atoms with Gasteiger partial charge in [-0.25, -0.2) is 0 Å². The molecule has 0 aliphatic carbocycles. The lowest BCUT2D eigenvalue weighted by Gasteiger charge is -1.98. The number of aliphatic hydroxyl groups is 1. The third kappa shape index (κ3) is 1.15. The number of hydrogen-bond acceptors (Lipinski definition) is 2. The number of aliphatic hydroxyl groups excluding tert-OH is 1. The first-order valence-electron chi connectivity index (χ1n) is 3.01. The molecule has 0 saturated heterocycles. The van der Waals surface area contributed by atoms with E-state index in [2.05, 4.69) is 10.2 Å². The van der Waals surface area contributed by atoms with E-state index in [1.54, 1.807) is 13.8 Å². The summed E-state index contributed by atoms with van der Waals surface area (Å²) in [4.78, 5) is 0. The molecule has 0 fully saturated rings. The van der Waals surface area contributed by atoms with Crippen molar-refractivity contribution in [2.24, 2.45) is 0 Å². The standard InChI is InChI=1S/C6H9ClN2O/c1-3-5(7)6(4(2)10)9-8-3/h4,10H,1-2H3,(H,8,9)/t4-/m1/s1. The second-order valence-corrected chi connectivity index (χ2v) is 2.59. The van der Waals surface area contributed by atoms with Crippen molar-refractivity contribution >= 4 is 11.6 Å². The fourth-order valence-corrected chi connectivity index (χ4v) is 0.956. The van der Waals surface area contributed by atoms with Gasteiger partial charge in [0, 0.05) is 0 Å². The lowest BCUT2D eigenvalue weighted by atomic mass is 10.3. The Balaban J connectivity index is 3.05. The predicted octanol–water partition coefficient (Wildman–Crippen LogP) is 1.42. The van der Waals surface area contributed by atoms with Crippen LogP contribution in [0.15, 0.2) is 0 Å². The molecule has 0 unspecified atom stereocenters. The van der Waals surface area contributed by atoms with E-state index in [1.807, 2.05) is 0 Å². The maximum Gasteiger partial charge on any atom is 0.0941 e. The van der Waals surface area contributed by atoms with E-state index in [0.717, 1.165) is 5.69 Å². The Morgan fingerprint density at radius 3 is 2.50 bits per heavy atom. The highest BCUT2D eigenvalue weighted by Crippen LogP contribution is 2.22. The normalized spacial score (nSPS) is 13.6. The zero-order valence-electron chi connectivity index (χ0n) is 5.85. The van der Waals surface area contributed by atoms with Gasteiger partial charge < -0.3 is 5.11 Å². The molecule has 56 valence electrons. The second kappa shape index (κ2) is 2.60. The molecule has 1 aromatic heterocycles. The molecule has 0 aliphatic heterocycles. The van der Waals surface area contributed by atoms with Crippen LogP contribution in [-0.4, -0.2) is 15.3 Å². The van der Waals surface area contributed by atoms with Crippen LogP contribution in [-0.2, 0) is 0 Å². The molecular formula is C6H9ClN2O. The lowest BCUT2D eigenvalue weighted by Crippen LogP contribution is -1.91. The number of aromatic nitrogens is 2. The van der Waals surface area contributed by atoms with Gasteiger partial charge in [0.25, 0.3) is 0 Å². The van der Waals surface area contributed by atoms with Gasteiger partial charge >= 0.3 is 0 Å². The Morgan fingerprint density at radius 2 is 2.30 bits per heavy atom. The average Bonchev–Trinajstić information content (AvgIpc) is 2.14. The second-order valence-electron chi connectivity index (χ2n) is 2.21. The number of nitrogens with zero attached hydrogens (tertiary/aromatic N) is 1. The number of H-pyrrole nitrogens is 1. The molecule has 1 rings (SSSR count). The van der Waals surface area contributed by atoms with E-state index in [0.29, 0.717) is 10.7 Å². The Bertz CT molecular complexity index is 232. The first-order valence-corrected chi connectivity index (χ1v) is 3.39. The fraction of sp³-hybridized carbons (Fsp3) is 0.500. The van der Waals surface area contributed by atoms with Gasteiger partial charge in [-0.05, 0) is 13.8 Å². The third-order valence-corrected chi connectivity index (χ3v) is 1.79. The van der Waals surface area contributed by atoms with Gasteiger partial charge in [-0.3, -0.25) is 5.10 Å². The fourth-order valence-electron chi connectivity index (χ4n) is 0.714. The van der Waals surface area contributed by atoms with Crippen LogP contribution in [0, 0.1) is 6.92 Å². The summed E-state index contributed by atoms with van der Waals surface area (Å²) in [6.07, 6.45) is -0.575. The highest BCUT2D eigenvalue weighted by atomic mass is 35.5. The smallest absolute Gasteiger partial charge is 0.0941 e. The van der Waals surface area contributed by atoms with Crippen LogP contribution < -0.4 is 0 Å². The highest BCUT2D eigenvalue weighted by Gasteiger charge is 2.10. The molecule has 0 spiro atoms. The molecule has 0 aromatic carbocycles. The van der Waals surface area contributed by atoms with Gasteiger partial charge in [-0.2, -0.15) is 5.10 Å². The number of aryl methyl sites for hydroxylation is 1. The summed E-state index contributed by atoms with van der Waals surface area (Å²) in [5, 5.41) is 16.0. The molecule has 3 nitrogen and oxygen atoms in total. The van der Waals surface area contributed by atoms with E-state index in [1.165, 1.54) is 0 Å². The third-order valence-electron chi connectivity index (χ3n) is 1.32. The molecule has 4 heteroatoms. The number of halogens is 1. The molecule has 1 atom stereocenters. The topological polar surface area (TPSA) is 48.9 Å². The summed E-state index contributed by atoms with van der Waals surface area (Å²) in [5.74, 6) is 0. The van der Waals surface area contributed by atoms with E-state index in [9.17, 15) is 0 Å². The van der Waals surface area contributed by atoms with Crippen LogP contribution in [0.4, 0.5) is 0 Å². The zero-order valence-corrected chi connectivity index (χ0v) is 6.61. The molecule has 0 radical (unpaired) electrons. The van der Waals surface area contributed by atoms with Crippen LogP contribution >= 0.6 is 11.6 Å². The number of nitrogens with one attached hydrogen (secondary N) is 1. The van der Waals surface area contributed by atoms with E-state index in [4.69, 9.17) is 16.7 Å². The first kappa shape index (κ1) is 7.57. The molecule has 10 heavy (non-hydrogen) atoms. The summed E-state index contributed by atoms with van der Waals surface area (Å²) in [6, 6.07) is 0. The van der Waals surface area contributed by atoms with Gasteiger partial charge in [0.1, 0.15) is 0 Å². The molecule has 0 saturated carbocycles. The monoisotopic (exact) mass is 160 g/mol. The van der Waals surface area contributed by atoms with Crippen molar-refractivity contribution in [3.8, 4) is 0 Å². The summed E-state index contributed by atoms with van der Waals surface area (Å²) < 4.78 is 0. The SMILES string of the molecule is Cc1n[nH]c([C@@H](C)O)c1Cl. The minimum Gasteiger partial charge on any atom is -0.387 e. The van der Waals surface area contributed by atoms with Crippen molar-refractivity contribution in [2.75, 3.05) is 0 Å². The van der Waals surface area contributed by atoms with Crippen molar-refractivity contribution in [1.29, 1.82) is 0 Å². The Morgan fingerprint density at radius 1 is 1.70 bits per heavy atom. The largest absolute Gasteiger partial charge is 0.387 e. The Hall–Kier alpha value is -0.540. The molecule has 0 amide bonds. The van der Waals surface area contributed by atoms with Gasteiger partial charge in [-0.1, -0.05) is 11.6 Å². The summed E-state index contributed by atoms with van der Waals surface area (Å²) in [7, 11) is 0. The lowest BCUT2D eigenvalue weighted by molar-refractivity contribution is 0.194. The predicted molar refractivity (Wildman–Crippen MR) is 39.0 cm³/mol. The molecule has 0 bridgehead atoms. The Kier molecular flexibility index (Phi) is 1.97. The summed E-state index contributed by atoms with van der Waals surface area (Å²) in [6.45, 7) is 3.42. The van der Waals surface area contributed by atoms with Crippen molar-refractivity contribution in [3.05, 3.63) is 16.4 Å². The van der Waals surface area contributed by atoms with Crippen LogP contribution in [0.1, 0.15) is 24.4 Å². The maximum atomic E-state index is 9.06. The first-order chi connectivity index (χ1) is 4.63. The zero-order chi connectivity index (χ0) is 7.72. The maximum absolute atomic E-state index is 9.06.